The average Bonchev–Trinajstić information content (AvgIpc) is 2.22. The van der Waals surface area contributed by atoms with Crippen LogP contribution in [0.5, 0.6) is 0 Å². The number of hydrogen-bond acceptors (Lipinski definition) is 3. The van der Waals surface area contributed by atoms with Gasteiger partial charge in [-0.25, -0.2) is 10.2 Å². The summed E-state index contributed by atoms with van der Waals surface area (Å²) in [5.41, 5.74) is 8.05. The van der Waals surface area contributed by atoms with E-state index < -0.39 is 12.0 Å². The molecule has 6 nitrogen and oxygen atoms in total. The highest BCUT2D eigenvalue weighted by Crippen LogP contribution is 2.15. The lowest BCUT2D eigenvalue weighted by Gasteiger charge is -2.14. The maximum absolute atomic E-state index is 10.6. The molecular weight excluding hydrogens is 234 g/mol. The third-order valence-electron chi connectivity index (χ3n) is 2.40. The van der Waals surface area contributed by atoms with Crippen LogP contribution in [-0.2, 0) is 4.79 Å². The molecule has 0 spiro atoms. The van der Waals surface area contributed by atoms with Gasteiger partial charge < -0.3 is 10.8 Å². The van der Waals surface area contributed by atoms with Crippen molar-refractivity contribution in [1.82, 2.24) is 5.43 Å². The number of nitrogens with zero attached hydrogens (tertiary/aromatic N) is 1. The van der Waals surface area contributed by atoms with Crippen LogP contribution in [-0.4, -0.2) is 22.8 Å². The Morgan fingerprint density at radius 1 is 1.28 bits per heavy atom. The highest BCUT2D eigenvalue weighted by molar-refractivity contribution is 5.86. The number of hydrazone groups is 1. The maximum atomic E-state index is 10.6. The smallest absolute Gasteiger partial charge is 0.332 e. The fraction of sp³-hybridized carbons (Fsp3) is 0.750. The summed E-state index contributed by atoms with van der Waals surface area (Å²) in [6.07, 6.45) is 2.19. The minimum Gasteiger partial charge on any atom is -0.481 e. The van der Waals surface area contributed by atoms with Gasteiger partial charge in [0.2, 0.25) is 0 Å². The largest absolute Gasteiger partial charge is 0.481 e. The van der Waals surface area contributed by atoms with E-state index in [0.29, 0.717) is 18.8 Å². The molecule has 0 aromatic rings. The van der Waals surface area contributed by atoms with Gasteiger partial charge in [0.25, 0.3) is 0 Å². The van der Waals surface area contributed by atoms with Crippen LogP contribution in [0.4, 0.5) is 4.79 Å². The number of carboxylic acids is 1. The molecule has 6 heteroatoms. The molecule has 4 N–H and O–H groups in total. The summed E-state index contributed by atoms with van der Waals surface area (Å²) in [4.78, 5) is 21.1. The van der Waals surface area contributed by atoms with E-state index in [9.17, 15) is 9.59 Å². The SMILES string of the molecule is CC(C)C/C(CC(C)CCC(=O)O)=N\NC(N)=O. The number of nitrogens with one attached hydrogen (secondary N) is 1. The number of nitrogens with two attached hydrogens (primary N) is 1. The van der Waals surface area contributed by atoms with Crippen molar-refractivity contribution in [1.29, 1.82) is 0 Å². The van der Waals surface area contributed by atoms with E-state index >= 15 is 0 Å². The van der Waals surface area contributed by atoms with Gasteiger partial charge >= 0.3 is 12.0 Å². The molecule has 0 aliphatic rings. The summed E-state index contributed by atoms with van der Waals surface area (Å²) in [5.74, 6) is -0.155. The zero-order valence-corrected chi connectivity index (χ0v) is 11.3. The van der Waals surface area contributed by atoms with E-state index in [-0.39, 0.29) is 12.3 Å². The Labute approximate surface area is 108 Å². The molecule has 18 heavy (non-hydrogen) atoms. The second-order valence-corrected chi connectivity index (χ2v) is 4.99. The van der Waals surface area contributed by atoms with Crippen LogP contribution < -0.4 is 11.2 Å². The van der Waals surface area contributed by atoms with Gasteiger partial charge in [-0.3, -0.25) is 4.79 Å². The molecule has 2 amide bonds. The first-order chi connectivity index (χ1) is 8.31. The van der Waals surface area contributed by atoms with E-state index in [2.05, 4.69) is 24.4 Å². The van der Waals surface area contributed by atoms with Gasteiger partial charge in [-0.1, -0.05) is 20.8 Å². The van der Waals surface area contributed by atoms with Crippen molar-refractivity contribution in [3.8, 4) is 0 Å². The second kappa shape index (κ2) is 8.49. The Balaban J connectivity index is 4.34. The molecule has 0 radical (unpaired) electrons. The molecule has 0 aliphatic carbocycles. The molecule has 0 heterocycles. The predicted molar refractivity (Wildman–Crippen MR) is 70.3 cm³/mol. The monoisotopic (exact) mass is 257 g/mol. The Kier molecular flexibility index (Phi) is 7.74. The highest BCUT2D eigenvalue weighted by Gasteiger charge is 2.11. The first kappa shape index (κ1) is 16.4. The number of carbonyl (C=O) groups excluding carboxylic acids is 1. The summed E-state index contributed by atoms with van der Waals surface area (Å²) >= 11 is 0. The number of hydrogen-bond donors (Lipinski definition) is 3. The normalized spacial score (nSPS) is 13.4. The Morgan fingerprint density at radius 3 is 2.33 bits per heavy atom. The molecule has 0 saturated carbocycles. The topological polar surface area (TPSA) is 105 Å². The predicted octanol–water partition coefficient (Wildman–Crippen LogP) is 1.95. The Morgan fingerprint density at radius 2 is 1.89 bits per heavy atom. The van der Waals surface area contributed by atoms with Gasteiger partial charge in [-0.05, 0) is 31.1 Å². The Bertz CT molecular complexity index is 314. The van der Waals surface area contributed by atoms with Crippen molar-refractivity contribution in [2.24, 2.45) is 22.7 Å². The number of urea groups is 1. The Hall–Kier alpha value is -1.59. The lowest BCUT2D eigenvalue weighted by molar-refractivity contribution is -0.137. The van der Waals surface area contributed by atoms with Crippen molar-refractivity contribution in [3.05, 3.63) is 0 Å². The molecule has 0 rings (SSSR count). The van der Waals surface area contributed by atoms with Crippen LogP contribution in [0.15, 0.2) is 5.10 Å². The maximum Gasteiger partial charge on any atom is 0.332 e. The van der Waals surface area contributed by atoms with Crippen molar-refractivity contribution >= 4 is 17.7 Å². The van der Waals surface area contributed by atoms with Gasteiger partial charge in [0.15, 0.2) is 0 Å². The van der Waals surface area contributed by atoms with Crippen LogP contribution in [0, 0.1) is 11.8 Å². The van der Waals surface area contributed by atoms with Crippen molar-refractivity contribution in [3.63, 3.8) is 0 Å². The third-order valence-corrected chi connectivity index (χ3v) is 2.40. The summed E-state index contributed by atoms with van der Waals surface area (Å²) in [7, 11) is 0. The van der Waals surface area contributed by atoms with E-state index in [0.717, 1.165) is 12.1 Å². The van der Waals surface area contributed by atoms with Gasteiger partial charge in [-0.15, -0.1) is 0 Å². The van der Waals surface area contributed by atoms with E-state index in [4.69, 9.17) is 10.8 Å². The van der Waals surface area contributed by atoms with Crippen LogP contribution in [0.1, 0.15) is 46.5 Å². The molecule has 0 fully saturated rings. The number of primary amides is 1. The fourth-order valence-electron chi connectivity index (χ4n) is 1.65. The van der Waals surface area contributed by atoms with Crippen molar-refractivity contribution in [2.45, 2.75) is 46.5 Å². The van der Waals surface area contributed by atoms with Crippen LogP contribution in [0.2, 0.25) is 0 Å². The van der Waals surface area contributed by atoms with E-state index in [1.165, 1.54) is 0 Å². The number of carbonyl (C=O) groups is 2. The second-order valence-electron chi connectivity index (χ2n) is 4.99. The van der Waals surface area contributed by atoms with Crippen LogP contribution in [0.25, 0.3) is 0 Å². The number of aliphatic carboxylic acids is 1. The quantitative estimate of drug-likeness (QED) is 0.457. The summed E-state index contributed by atoms with van der Waals surface area (Å²) in [5, 5.41) is 12.6. The summed E-state index contributed by atoms with van der Waals surface area (Å²) in [6, 6.07) is -0.686. The lowest BCUT2D eigenvalue weighted by atomic mass is 9.94. The third kappa shape index (κ3) is 9.62. The fourth-order valence-corrected chi connectivity index (χ4v) is 1.65. The minimum atomic E-state index is -0.792. The highest BCUT2D eigenvalue weighted by atomic mass is 16.4. The van der Waals surface area contributed by atoms with Gasteiger partial charge in [0, 0.05) is 12.1 Å². The number of amides is 2. The standard InChI is InChI=1S/C12H23N3O3/c1-8(2)6-10(14-15-12(13)18)7-9(3)4-5-11(16)17/h8-9H,4-7H2,1-3H3,(H,16,17)(H3,13,15,18)/b14-10+. The van der Waals surface area contributed by atoms with Gasteiger partial charge in [-0.2, -0.15) is 5.10 Å². The molecule has 0 aliphatic heterocycles. The molecule has 104 valence electrons. The van der Waals surface area contributed by atoms with E-state index in [1.54, 1.807) is 0 Å². The molecule has 1 atom stereocenters. The van der Waals surface area contributed by atoms with Crippen molar-refractivity contribution in [2.75, 3.05) is 0 Å². The van der Waals surface area contributed by atoms with Crippen molar-refractivity contribution < 1.29 is 14.7 Å². The molecule has 0 aromatic carbocycles. The summed E-state index contributed by atoms with van der Waals surface area (Å²) < 4.78 is 0. The molecule has 0 saturated heterocycles. The van der Waals surface area contributed by atoms with Gasteiger partial charge in [0.1, 0.15) is 0 Å². The minimum absolute atomic E-state index is 0.152. The summed E-state index contributed by atoms with van der Waals surface area (Å²) in [6.45, 7) is 6.09. The zero-order valence-electron chi connectivity index (χ0n) is 11.3. The number of rotatable bonds is 8. The molecule has 0 bridgehead atoms. The number of carboxylic acid groups (broad SMARTS) is 1. The molecular formula is C12H23N3O3. The lowest BCUT2D eigenvalue weighted by Crippen LogP contribution is -2.26. The molecule has 0 aromatic heterocycles. The first-order valence-electron chi connectivity index (χ1n) is 6.14. The molecule has 1 unspecified atom stereocenters. The first-order valence-corrected chi connectivity index (χ1v) is 6.14. The zero-order chi connectivity index (χ0) is 14.1. The van der Waals surface area contributed by atoms with Gasteiger partial charge in [0.05, 0.1) is 0 Å². The van der Waals surface area contributed by atoms with Crippen LogP contribution >= 0.6 is 0 Å². The van der Waals surface area contributed by atoms with Crippen LogP contribution in [0.3, 0.4) is 0 Å². The van der Waals surface area contributed by atoms with E-state index in [1.807, 2.05) is 6.92 Å². The average molecular weight is 257 g/mol.